The second-order valence-corrected chi connectivity index (χ2v) is 5.54. The Balaban J connectivity index is 0.00000289. The number of anilines is 1. The van der Waals surface area contributed by atoms with Crippen LogP contribution in [0.15, 0.2) is 0 Å². The summed E-state index contributed by atoms with van der Waals surface area (Å²) in [5, 5.41) is 12.1. The Bertz CT molecular complexity index is 370. The number of carbonyl (C=O) groups is 1. The normalized spacial score (nSPS) is 12.1. The molecule has 0 radical (unpaired) electrons. The van der Waals surface area contributed by atoms with Crippen LogP contribution in [0.2, 0.25) is 0 Å². The molecule has 1 amide bonds. The molecule has 0 aliphatic carbocycles. The summed E-state index contributed by atoms with van der Waals surface area (Å²) in [6.45, 7) is 6.16. The zero-order valence-electron chi connectivity index (χ0n) is 11.0. The molecule has 0 spiro atoms. The molecule has 7 heteroatoms. The van der Waals surface area contributed by atoms with Gasteiger partial charge in [0.2, 0.25) is 11.0 Å². The number of aromatic nitrogens is 2. The van der Waals surface area contributed by atoms with Crippen LogP contribution in [-0.4, -0.2) is 22.1 Å². The number of nitrogens with two attached hydrogens (primary N) is 1. The van der Waals surface area contributed by atoms with Gasteiger partial charge in [-0.15, -0.1) is 22.6 Å². The van der Waals surface area contributed by atoms with E-state index >= 15 is 0 Å². The topological polar surface area (TPSA) is 80.9 Å². The molecule has 0 saturated carbocycles. The Hall–Kier alpha value is -0.720. The Morgan fingerprint density at radius 1 is 1.44 bits per heavy atom. The van der Waals surface area contributed by atoms with Crippen LogP contribution in [0.4, 0.5) is 5.13 Å². The number of aryl methyl sites for hydroxylation is 1. The summed E-state index contributed by atoms with van der Waals surface area (Å²) in [6.07, 6.45) is 2.59. The van der Waals surface area contributed by atoms with Crippen molar-refractivity contribution in [2.75, 3.05) is 5.32 Å². The summed E-state index contributed by atoms with van der Waals surface area (Å²) in [5.41, 5.74) is 5.78. The second-order valence-electron chi connectivity index (χ2n) is 4.48. The molecule has 0 saturated heterocycles. The third-order valence-electron chi connectivity index (χ3n) is 2.22. The van der Waals surface area contributed by atoms with Crippen molar-refractivity contribution in [2.24, 2.45) is 11.7 Å². The lowest BCUT2D eigenvalue weighted by molar-refractivity contribution is -0.117. The molecule has 18 heavy (non-hydrogen) atoms. The van der Waals surface area contributed by atoms with E-state index in [0.717, 1.165) is 17.8 Å². The number of amides is 1. The largest absolute Gasteiger partial charge is 0.320 e. The number of hydrogen-bond acceptors (Lipinski definition) is 5. The molecule has 5 nitrogen and oxygen atoms in total. The van der Waals surface area contributed by atoms with Crippen molar-refractivity contribution in [2.45, 2.75) is 46.1 Å². The summed E-state index contributed by atoms with van der Waals surface area (Å²) in [6, 6.07) is -0.478. The van der Waals surface area contributed by atoms with Gasteiger partial charge in [0.05, 0.1) is 6.04 Å². The lowest BCUT2D eigenvalue weighted by Gasteiger charge is -2.12. The van der Waals surface area contributed by atoms with E-state index in [1.807, 2.05) is 13.8 Å². The highest BCUT2D eigenvalue weighted by Gasteiger charge is 2.16. The minimum atomic E-state index is -0.478. The molecule has 0 unspecified atom stereocenters. The van der Waals surface area contributed by atoms with Gasteiger partial charge in [0.1, 0.15) is 5.01 Å². The maximum atomic E-state index is 11.7. The van der Waals surface area contributed by atoms with E-state index in [0.29, 0.717) is 17.5 Å². The third kappa shape index (κ3) is 5.75. The van der Waals surface area contributed by atoms with Crippen LogP contribution in [0.25, 0.3) is 0 Å². The third-order valence-corrected chi connectivity index (χ3v) is 3.12. The molecule has 0 bridgehead atoms. The van der Waals surface area contributed by atoms with Crippen molar-refractivity contribution < 1.29 is 4.79 Å². The number of carbonyl (C=O) groups excluding carboxylic acids is 1. The summed E-state index contributed by atoms with van der Waals surface area (Å²) < 4.78 is 0. The van der Waals surface area contributed by atoms with Gasteiger partial charge in [-0.3, -0.25) is 10.1 Å². The maximum absolute atomic E-state index is 11.7. The average Bonchev–Trinajstić information content (AvgIpc) is 2.65. The van der Waals surface area contributed by atoms with Gasteiger partial charge < -0.3 is 5.73 Å². The minimum Gasteiger partial charge on any atom is -0.320 e. The summed E-state index contributed by atoms with van der Waals surface area (Å²) >= 11 is 1.41. The van der Waals surface area contributed by atoms with E-state index in [1.54, 1.807) is 0 Å². The highest BCUT2D eigenvalue weighted by Crippen LogP contribution is 2.17. The molecule has 1 atom stereocenters. The standard InChI is InChI=1S/C11H20N4OS.ClH/c1-4-5-9-14-15-11(17-9)13-10(16)8(12)6-7(2)3;/h7-8H,4-6,12H2,1-3H3,(H,13,15,16);1H/t8-;/m0./s1. The molecule has 0 aromatic carbocycles. The fourth-order valence-corrected chi connectivity index (χ4v) is 2.28. The van der Waals surface area contributed by atoms with E-state index in [9.17, 15) is 4.79 Å². The molecule has 0 aliphatic heterocycles. The quantitative estimate of drug-likeness (QED) is 0.842. The minimum absolute atomic E-state index is 0. The summed E-state index contributed by atoms with van der Waals surface area (Å²) in [7, 11) is 0. The van der Waals surface area contributed by atoms with Crippen molar-refractivity contribution in [1.82, 2.24) is 10.2 Å². The Morgan fingerprint density at radius 2 is 2.11 bits per heavy atom. The first-order valence-corrected chi connectivity index (χ1v) is 6.73. The zero-order valence-corrected chi connectivity index (χ0v) is 12.6. The van der Waals surface area contributed by atoms with Crippen LogP contribution >= 0.6 is 23.7 Å². The smallest absolute Gasteiger partial charge is 0.243 e. The van der Waals surface area contributed by atoms with E-state index < -0.39 is 6.04 Å². The van der Waals surface area contributed by atoms with Gasteiger partial charge in [0.15, 0.2) is 0 Å². The number of halogens is 1. The van der Waals surface area contributed by atoms with Gasteiger partial charge >= 0.3 is 0 Å². The Morgan fingerprint density at radius 3 is 2.67 bits per heavy atom. The van der Waals surface area contributed by atoms with Crippen LogP contribution in [0, 0.1) is 5.92 Å². The van der Waals surface area contributed by atoms with E-state index in [-0.39, 0.29) is 18.3 Å². The molecule has 1 heterocycles. The maximum Gasteiger partial charge on any atom is 0.243 e. The van der Waals surface area contributed by atoms with Gasteiger partial charge in [0, 0.05) is 6.42 Å². The van der Waals surface area contributed by atoms with Gasteiger partial charge in [-0.05, 0) is 18.8 Å². The molecule has 1 aromatic heterocycles. The molecule has 1 aromatic rings. The highest BCUT2D eigenvalue weighted by atomic mass is 35.5. The van der Waals surface area contributed by atoms with Crippen LogP contribution < -0.4 is 11.1 Å². The van der Waals surface area contributed by atoms with E-state index in [2.05, 4.69) is 22.4 Å². The van der Waals surface area contributed by atoms with Gasteiger partial charge in [-0.25, -0.2) is 0 Å². The van der Waals surface area contributed by atoms with Crippen LogP contribution in [-0.2, 0) is 11.2 Å². The van der Waals surface area contributed by atoms with Gasteiger partial charge in [0.25, 0.3) is 0 Å². The number of nitrogens with one attached hydrogen (secondary N) is 1. The van der Waals surface area contributed by atoms with Crippen molar-refractivity contribution in [3.63, 3.8) is 0 Å². The predicted octanol–water partition coefficient (Wildman–Crippen LogP) is 2.22. The number of rotatable bonds is 6. The summed E-state index contributed by atoms with van der Waals surface area (Å²) in [4.78, 5) is 11.7. The van der Waals surface area contributed by atoms with Crippen molar-refractivity contribution >= 4 is 34.8 Å². The Kier molecular flexibility index (Phi) is 8.06. The fraction of sp³-hybridized carbons (Fsp3) is 0.727. The van der Waals surface area contributed by atoms with Gasteiger partial charge in [-0.2, -0.15) is 0 Å². The van der Waals surface area contributed by atoms with E-state index in [4.69, 9.17) is 5.73 Å². The zero-order chi connectivity index (χ0) is 12.8. The van der Waals surface area contributed by atoms with E-state index in [1.165, 1.54) is 11.3 Å². The lowest BCUT2D eigenvalue weighted by Crippen LogP contribution is -2.36. The van der Waals surface area contributed by atoms with Crippen molar-refractivity contribution in [1.29, 1.82) is 0 Å². The van der Waals surface area contributed by atoms with Crippen molar-refractivity contribution in [3.8, 4) is 0 Å². The number of nitrogens with zero attached hydrogens (tertiary/aromatic N) is 2. The molecule has 0 aliphatic rings. The van der Waals surface area contributed by atoms with Gasteiger partial charge in [-0.1, -0.05) is 32.1 Å². The molecule has 1 rings (SSSR count). The average molecular weight is 293 g/mol. The first kappa shape index (κ1) is 17.3. The first-order valence-electron chi connectivity index (χ1n) is 5.91. The Labute approximate surface area is 118 Å². The molecule has 3 N–H and O–H groups in total. The van der Waals surface area contributed by atoms with Crippen LogP contribution in [0.5, 0.6) is 0 Å². The SMILES string of the molecule is CCCc1nnc(NC(=O)[C@@H](N)CC(C)C)s1.Cl. The fourth-order valence-electron chi connectivity index (χ4n) is 1.43. The monoisotopic (exact) mass is 292 g/mol. The molecular weight excluding hydrogens is 272 g/mol. The van der Waals surface area contributed by atoms with Crippen LogP contribution in [0.3, 0.4) is 0 Å². The predicted molar refractivity (Wildman–Crippen MR) is 77.2 cm³/mol. The van der Waals surface area contributed by atoms with Crippen molar-refractivity contribution in [3.05, 3.63) is 5.01 Å². The number of hydrogen-bond donors (Lipinski definition) is 2. The second kappa shape index (κ2) is 8.39. The molecule has 104 valence electrons. The van der Waals surface area contributed by atoms with Crippen LogP contribution in [0.1, 0.15) is 38.6 Å². The highest BCUT2D eigenvalue weighted by molar-refractivity contribution is 7.15. The molecular formula is C11H21ClN4OS. The summed E-state index contributed by atoms with van der Waals surface area (Å²) in [5.74, 6) is 0.221. The first-order chi connectivity index (χ1) is 8.02. The molecule has 0 fully saturated rings. The lowest BCUT2D eigenvalue weighted by atomic mass is 10.0.